The summed E-state index contributed by atoms with van der Waals surface area (Å²) < 4.78 is 0. The molecular weight excluding hydrogens is 362 g/mol. The number of rotatable bonds is 8. The Hall–Kier alpha value is -3.41. The molecule has 0 aliphatic heterocycles. The first kappa shape index (κ1) is 20.3. The summed E-state index contributed by atoms with van der Waals surface area (Å²) in [5.41, 5.74) is 3.57. The number of anilines is 4. The van der Waals surface area contributed by atoms with E-state index in [9.17, 15) is 4.79 Å². The monoisotopic (exact) mass is 389 g/mol. The fourth-order valence-electron chi connectivity index (χ4n) is 3.14. The summed E-state index contributed by atoms with van der Waals surface area (Å²) in [7, 11) is 0. The standard InChI is InChI=1S/C23H27N5O/c1-4-20(17-9-7-6-8-10-17)22(29)27-19-13-11-18(12-14-19)26-21-15-16(3)25-23(28-21)24-5-2/h6-15,20H,4-5H2,1-3H3,(H,27,29)(H2,24,25,26,28). The summed E-state index contributed by atoms with van der Waals surface area (Å²) in [6.45, 7) is 6.73. The van der Waals surface area contributed by atoms with Crippen molar-refractivity contribution in [3.63, 3.8) is 0 Å². The first-order valence-corrected chi connectivity index (χ1v) is 9.91. The van der Waals surface area contributed by atoms with Crippen LogP contribution in [0, 0.1) is 6.92 Å². The lowest BCUT2D eigenvalue weighted by molar-refractivity contribution is -0.117. The highest BCUT2D eigenvalue weighted by Gasteiger charge is 2.18. The molecule has 3 N–H and O–H groups in total. The normalized spacial score (nSPS) is 11.6. The summed E-state index contributed by atoms with van der Waals surface area (Å²) in [5.74, 6) is 1.16. The number of nitrogens with one attached hydrogen (secondary N) is 3. The van der Waals surface area contributed by atoms with Crippen molar-refractivity contribution in [3.05, 3.63) is 71.9 Å². The van der Waals surface area contributed by atoms with Crippen LogP contribution in [0.1, 0.15) is 37.4 Å². The van der Waals surface area contributed by atoms with E-state index in [1.807, 2.05) is 81.4 Å². The zero-order valence-electron chi connectivity index (χ0n) is 17.1. The molecule has 0 bridgehead atoms. The molecule has 0 fully saturated rings. The molecule has 0 aliphatic carbocycles. The third-order valence-corrected chi connectivity index (χ3v) is 4.54. The highest BCUT2D eigenvalue weighted by molar-refractivity contribution is 5.96. The Labute approximate surface area is 171 Å². The minimum absolute atomic E-state index is 0.00103. The van der Waals surface area contributed by atoms with Gasteiger partial charge in [0.05, 0.1) is 5.92 Å². The van der Waals surface area contributed by atoms with E-state index >= 15 is 0 Å². The van der Waals surface area contributed by atoms with Crippen molar-refractivity contribution >= 4 is 29.0 Å². The Morgan fingerprint density at radius 2 is 1.66 bits per heavy atom. The largest absolute Gasteiger partial charge is 0.354 e. The van der Waals surface area contributed by atoms with Gasteiger partial charge in [-0.05, 0) is 50.1 Å². The van der Waals surface area contributed by atoms with E-state index in [0.717, 1.165) is 41.4 Å². The van der Waals surface area contributed by atoms with Gasteiger partial charge in [0.25, 0.3) is 0 Å². The van der Waals surface area contributed by atoms with Crippen LogP contribution in [-0.2, 0) is 4.79 Å². The van der Waals surface area contributed by atoms with Crippen LogP contribution in [0.15, 0.2) is 60.7 Å². The van der Waals surface area contributed by atoms with Gasteiger partial charge in [0.1, 0.15) is 5.82 Å². The van der Waals surface area contributed by atoms with Crippen molar-refractivity contribution in [2.75, 3.05) is 22.5 Å². The van der Waals surface area contributed by atoms with Crippen LogP contribution in [0.3, 0.4) is 0 Å². The molecule has 29 heavy (non-hydrogen) atoms. The first-order chi connectivity index (χ1) is 14.1. The molecule has 0 saturated carbocycles. The average molecular weight is 390 g/mol. The Bertz CT molecular complexity index is 941. The van der Waals surface area contributed by atoms with Crippen LogP contribution in [0.2, 0.25) is 0 Å². The number of hydrogen-bond acceptors (Lipinski definition) is 5. The number of carbonyl (C=O) groups is 1. The zero-order chi connectivity index (χ0) is 20.6. The highest BCUT2D eigenvalue weighted by Crippen LogP contribution is 2.23. The Morgan fingerprint density at radius 1 is 0.966 bits per heavy atom. The SMILES string of the molecule is CCNc1nc(C)cc(Nc2ccc(NC(=O)C(CC)c3ccccc3)cc2)n1. The number of nitrogens with zero attached hydrogens (tertiary/aromatic N) is 2. The molecule has 1 amide bonds. The Morgan fingerprint density at radius 3 is 2.31 bits per heavy atom. The van der Waals surface area contributed by atoms with Crippen molar-refractivity contribution in [2.24, 2.45) is 0 Å². The molecule has 0 radical (unpaired) electrons. The first-order valence-electron chi connectivity index (χ1n) is 9.91. The van der Waals surface area contributed by atoms with Gasteiger partial charge in [-0.2, -0.15) is 4.98 Å². The summed E-state index contributed by atoms with van der Waals surface area (Å²) in [4.78, 5) is 21.5. The Kier molecular flexibility index (Phi) is 6.79. The smallest absolute Gasteiger partial charge is 0.231 e. The quantitative estimate of drug-likeness (QED) is 0.500. The number of aromatic nitrogens is 2. The number of aryl methyl sites for hydroxylation is 1. The second kappa shape index (κ2) is 9.68. The van der Waals surface area contributed by atoms with E-state index in [1.54, 1.807) is 0 Å². The average Bonchev–Trinajstić information content (AvgIpc) is 2.71. The third kappa shape index (κ3) is 5.54. The summed E-state index contributed by atoms with van der Waals surface area (Å²) in [6, 6.07) is 19.4. The Balaban J connectivity index is 1.66. The maximum Gasteiger partial charge on any atom is 0.231 e. The molecule has 2 aromatic carbocycles. The number of hydrogen-bond donors (Lipinski definition) is 3. The molecule has 3 rings (SSSR count). The summed E-state index contributed by atoms with van der Waals surface area (Å²) >= 11 is 0. The fraction of sp³-hybridized carbons (Fsp3) is 0.261. The van der Waals surface area contributed by atoms with Gasteiger partial charge >= 0.3 is 0 Å². The number of carbonyl (C=O) groups excluding carboxylic acids is 1. The van der Waals surface area contributed by atoms with E-state index in [2.05, 4.69) is 25.9 Å². The topological polar surface area (TPSA) is 78.9 Å². The predicted octanol–water partition coefficient (Wildman–Crippen LogP) is 5.09. The third-order valence-electron chi connectivity index (χ3n) is 4.54. The number of amides is 1. The molecule has 0 spiro atoms. The lowest BCUT2D eigenvalue weighted by Crippen LogP contribution is -2.20. The fourth-order valence-corrected chi connectivity index (χ4v) is 3.14. The van der Waals surface area contributed by atoms with Crippen molar-refractivity contribution in [1.29, 1.82) is 0 Å². The molecule has 1 unspecified atom stereocenters. The molecule has 0 saturated heterocycles. The van der Waals surface area contributed by atoms with E-state index in [0.29, 0.717) is 5.95 Å². The molecular formula is C23H27N5O. The van der Waals surface area contributed by atoms with E-state index in [-0.39, 0.29) is 11.8 Å². The molecule has 1 atom stereocenters. The molecule has 3 aromatic rings. The van der Waals surface area contributed by atoms with Gasteiger partial charge in [0.2, 0.25) is 11.9 Å². The molecule has 0 aliphatic rings. The molecule has 1 heterocycles. The highest BCUT2D eigenvalue weighted by atomic mass is 16.1. The van der Waals surface area contributed by atoms with Gasteiger partial charge in [-0.1, -0.05) is 37.3 Å². The van der Waals surface area contributed by atoms with Gasteiger partial charge in [-0.3, -0.25) is 4.79 Å². The van der Waals surface area contributed by atoms with Gasteiger partial charge in [0, 0.05) is 29.7 Å². The molecule has 6 nitrogen and oxygen atoms in total. The molecule has 6 heteroatoms. The van der Waals surface area contributed by atoms with Crippen LogP contribution in [0.5, 0.6) is 0 Å². The zero-order valence-corrected chi connectivity index (χ0v) is 17.1. The second-order valence-electron chi connectivity index (χ2n) is 6.81. The van der Waals surface area contributed by atoms with Gasteiger partial charge in [-0.25, -0.2) is 4.98 Å². The molecule has 150 valence electrons. The minimum atomic E-state index is -0.164. The van der Waals surface area contributed by atoms with E-state index < -0.39 is 0 Å². The summed E-state index contributed by atoms with van der Waals surface area (Å²) in [6.07, 6.45) is 0.747. The number of benzene rings is 2. The van der Waals surface area contributed by atoms with Gasteiger partial charge in [-0.15, -0.1) is 0 Å². The van der Waals surface area contributed by atoms with Crippen molar-refractivity contribution in [2.45, 2.75) is 33.1 Å². The lowest BCUT2D eigenvalue weighted by Gasteiger charge is -2.16. The van der Waals surface area contributed by atoms with Crippen LogP contribution >= 0.6 is 0 Å². The van der Waals surface area contributed by atoms with Crippen molar-refractivity contribution in [1.82, 2.24) is 9.97 Å². The van der Waals surface area contributed by atoms with Crippen molar-refractivity contribution in [3.8, 4) is 0 Å². The predicted molar refractivity (Wildman–Crippen MR) is 119 cm³/mol. The maximum absolute atomic E-state index is 12.7. The second-order valence-corrected chi connectivity index (χ2v) is 6.81. The van der Waals surface area contributed by atoms with Crippen molar-refractivity contribution < 1.29 is 4.79 Å². The van der Waals surface area contributed by atoms with E-state index in [4.69, 9.17) is 0 Å². The van der Waals surface area contributed by atoms with Crippen LogP contribution in [-0.4, -0.2) is 22.4 Å². The molecule has 1 aromatic heterocycles. The lowest BCUT2D eigenvalue weighted by atomic mass is 9.95. The van der Waals surface area contributed by atoms with Gasteiger partial charge in [0.15, 0.2) is 0 Å². The summed E-state index contributed by atoms with van der Waals surface area (Å²) in [5, 5.41) is 9.42. The van der Waals surface area contributed by atoms with Gasteiger partial charge < -0.3 is 16.0 Å². The van der Waals surface area contributed by atoms with E-state index in [1.165, 1.54) is 0 Å². The van der Waals surface area contributed by atoms with Crippen LogP contribution in [0.25, 0.3) is 0 Å². The van der Waals surface area contributed by atoms with Crippen LogP contribution in [0.4, 0.5) is 23.1 Å². The minimum Gasteiger partial charge on any atom is -0.354 e. The maximum atomic E-state index is 12.7. The van der Waals surface area contributed by atoms with Crippen LogP contribution < -0.4 is 16.0 Å².